The fourth-order valence-corrected chi connectivity index (χ4v) is 5.26. The lowest BCUT2D eigenvalue weighted by Gasteiger charge is -2.25. The Kier molecular flexibility index (Phi) is 7.12. The van der Waals surface area contributed by atoms with Gasteiger partial charge < -0.3 is 29.1 Å². The van der Waals surface area contributed by atoms with Crippen LogP contribution in [0.4, 0.5) is 10.1 Å². The fourth-order valence-electron chi connectivity index (χ4n) is 4.51. The molecule has 0 saturated carbocycles. The van der Waals surface area contributed by atoms with Crippen LogP contribution in [-0.4, -0.2) is 59.2 Å². The number of carbonyl (C=O) groups excluding carboxylic acids is 1. The zero-order valence-corrected chi connectivity index (χ0v) is 22.7. The van der Waals surface area contributed by atoms with Crippen molar-refractivity contribution >= 4 is 36.3 Å². The average Bonchev–Trinajstić information content (AvgIpc) is 3.44. The highest BCUT2D eigenvalue weighted by Gasteiger charge is 2.24. The van der Waals surface area contributed by atoms with E-state index < -0.39 is 13.9 Å². The number of morpholine rings is 1. The zero-order valence-electron chi connectivity index (χ0n) is 21.7. The van der Waals surface area contributed by atoms with Crippen LogP contribution < -0.4 is 10.6 Å². The number of fused-ring (bicyclic) bond motifs is 2. The lowest BCUT2D eigenvalue weighted by atomic mass is 10.0. The molecule has 1 unspecified atom stereocenters. The van der Waals surface area contributed by atoms with Crippen molar-refractivity contribution in [2.75, 3.05) is 31.6 Å². The van der Waals surface area contributed by atoms with Crippen LogP contribution in [0.2, 0.25) is 25.7 Å². The van der Waals surface area contributed by atoms with Crippen molar-refractivity contribution in [3.63, 3.8) is 0 Å². The number of aryl methyl sites for hydroxylation is 1. The van der Waals surface area contributed by atoms with Crippen LogP contribution in [0.5, 0.6) is 0 Å². The number of hydrogen-bond donors (Lipinski definition) is 2. The largest absolute Gasteiger partial charge is 0.371 e. The van der Waals surface area contributed by atoms with Crippen LogP contribution in [0.25, 0.3) is 16.7 Å². The molecule has 37 heavy (non-hydrogen) atoms. The van der Waals surface area contributed by atoms with E-state index in [0.717, 1.165) is 23.7 Å². The van der Waals surface area contributed by atoms with Crippen LogP contribution in [0, 0.1) is 12.7 Å². The van der Waals surface area contributed by atoms with E-state index in [-0.39, 0.29) is 17.7 Å². The van der Waals surface area contributed by atoms with Gasteiger partial charge in [0, 0.05) is 51.8 Å². The van der Waals surface area contributed by atoms with Crippen molar-refractivity contribution < 1.29 is 18.7 Å². The Morgan fingerprint density at radius 2 is 2.16 bits per heavy atom. The van der Waals surface area contributed by atoms with E-state index in [1.165, 1.54) is 6.07 Å². The van der Waals surface area contributed by atoms with Gasteiger partial charge in [-0.15, -0.1) is 0 Å². The van der Waals surface area contributed by atoms with Crippen molar-refractivity contribution in [3.8, 4) is 0 Å². The summed E-state index contributed by atoms with van der Waals surface area (Å²) >= 11 is 0. The minimum absolute atomic E-state index is 0.160. The number of nitrogens with one attached hydrogen (secondary N) is 2. The monoisotopic (exact) mass is 524 g/mol. The summed E-state index contributed by atoms with van der Waals surface area (Å²) in [5.41, 5.74) is 3.95. The minimum Gasteiger partial charge on any atom is -0.371 e. The highest BCUT2D eigenvalue weighted by atomic mass is 28.3. The number of hydrogen-bond acceptors (Lipinski definition) is 6. The van der Waals surface area contributed by atoms with E-state index >= 15 is 0 Å². The van der Waals surface area contributed by atoms with Gasteiger partial charge in [0.15, 0.2) is 11.5 Å². The number of rotatable bonds is 8. The van der Waals surface area contributed by atoms with Crippen molar-refractivity contribution in [3.05, 3.63) is 59.6 Å². The Morgan fingerprint density at radius 1 is 1.32 bits per heavy atom. The molecule has 4 aromatic rings. The van der Waals surface area contributed by atoms with E-state index in [0.29, 0.717) is 49.0 Å². The number of amides is 1. The predicted molar refractivity (Wildman–Crippen MR) is 143 cm³/mol. The van der Waals surface area contributed by atoms with Gasteiger partial charge in [0.2, 0.25) is 0 Å². The molecule has 0 bridgehead atoms. The normalized spacial score (nSPS) is 16.5. The second-order valence-electron chi connectivity index (χ2n) is 10.7. The van der Waals surface area contributed by atoms with Crippen molar-refractivity contribution in [1.29, 1.82) is 0 Å². The highest BCUT2D eigenvalue weighted by Crippen LogP contribution is 2.30. The molecular formula is C26H33FN6O3Si. The summed E-state index contributed by atoms with van der Waals surface area (Å²) in [7, 11) is -1.22. The van der Waals surface area contributed by atoms with Gasteiger partial charge in [-0.25, -0.2) is 14.4 Å². The first-order valence-corrected chi connectivity index (χ1v) is 16.2. The van der Waals surface area contributed by atoms with Crippen LogP contribution in [-0.2, 0) is 16.2 Å². The molecule has 0 radical (unpaired) electrons. The number of ether oxygens (including phenoxy) is 2. The molecule has 2 N–H and O–H groups in total. The second kappa shape index (κ2) is 10.3. The zero-order chi connectivity index (χ0) is 26.2. The van der Waals surface area contributed by atoms with E-state index in [1.807, 2.05) is 10.6 Å². The summed E-state index contributed by atoms with van der Waals surface area (Å²) in [6.45, 7) is 11.8. The van der Waals surface area contributed by atoms with Crippen molar-refractivity contribution in [1.82, 2.24) is 24.3 Å². The van der Waals surface area contributed by atoms with Gasteiger partial charge in [0.25, 0.3) is 5.91 Å². The number of imidazole rings is 2. The van der Waals surface area contributed by atoms with Gasteiger partial charge in [-0.2, -0.15) is 0 Å². The molecule has 1 atom stereocenters. The van der Waals surface area contributed by atoms with Gasteiger partial charge in [-0.05, 0) is 19.0 Å². The third-order valence-corrected chi connectivity index (χ3v) is 8.13. The summed E-state index contributed by atoms with van der Waals surface area (Å²) in [5.74, 6) is -0.882. The summed E-state index contributed by atoms with van der Waals surface area (Å²) < 4.78 is 30.1. The molecule has 1 aliphatic rings. The Balaban J connectivity index is 1.46. The van der Waals surface area contributed by atoms with Gasteiger partial charge in [0.1, 0.15) is 12.2 Å². The standard InChI is InChI=1S/C26H33FN6O3Si/c1-17-13-32-14-18(11-21(27)25(32)30-17)31-26(34)20-6-5-19(22-12-28-7-8-36-22)24-23(20)29-15-33(24)16-35-9-10-37(2,3)4/h5-6,11,13-15,22,28H,7-10,12,16H2,1-4H3,(H,31,34). The average molecular weight is 525 g/mol. The third kappa shape index (κ3) is 5.59. The van der Waals surface area contributed by atoms with Gasteiger partial charge in [0.05, 0.1) is 41.5 Å². The number of anilines is 1. The molecule has 5 rings (SSSR count). The molecule has 0 spiro atoms. The first kappa shape index (κ1) is 25.5. The van der Waals surface area contributed by atoms with E-state index in [4.69, 9.17) is 9.47 Å². The predicted octanol–water partition coefficient (Wildman–Crippen LogP) is 4.36. The smallest absolute Gasteiger partial charge is 0.257 e. The van der Waals surface area contributed by atoms with Gasteiger partial charge in [-0.1, -0.05) is 25.7 Å². The Hall–Kier alpha value is -3.12. The lowest BCUT2D eigenvalue weighted by Crippen LogP contribution is -2.33. The second-order valence-corrected chi connectivity index (χ2v) is 16.3. The molecule has 11 heteroatoms. The molecule has 4 heterocycles. The number of carbonyl (C=O) groups is 1. The van der Waals surface area contributed by atoms with Crippen molar-refractivity contribution in [2.24, 2.45) is 0 Å². The molecule has 1 aliphatic heterocycles. The van der Waals surface area contributed by atoms with Crippen LogP contribution in [0.15, 0.2) is 36.9 Å². The maximum Gasteiger partial charge on any atom is 0.257 e. The SMILES string of the molecule is Cc1cn2cc(NC(=O)c3ccc(C4CNCCO4)c4c3ncn4COCC[Si](C)(C)C)cc(F)c2n1. The number of nitrogens with zero attached hydrogens (tertiary/aromatic N) is 4. The fraction of sp³-hybridized carbons (Fsp3) is 0.423. The van der Waals surface area contributed by atoms with E-state index in [9.17, 15) is 9.18 Å². The number of pyridine rings is 1. The topological polar surface area (TPSA) is 94.7 Å². The summed E-state index contributed by atoms with van der Waals surface area (Å²) in [4.78, 5) is 22.1. The Labute approximate surface area is 216 Å². The minimum atomic E-state index is -1.22. The number of aromatic nitrogens is 4. The number of benzene rings is 1. The molecule has 1 fully saturated rings. The lowest BCUT2D eigenvalue weighted by molar-refractivity contribution is 0.0280. The highest BCUT2D eigenvalue weighted by molar-refractivity contribution is 6.76. The van der Waals surface area contributed by atoms with Crippen LogP contribution >= 0.6 is 0 Å². The molecule has 196 valence electrons. The summed E-state index contributed by atoms with van der Waals surface area (Å²) in [5, 5.41) is 6.19. The summed E-state index contributed by atoms with van der Waals surface area (Å²) in [6.07, 6.45) is 4.90. The Bertz CT molecular complexity index is 1440. The molecule has 1 amide bonds. The maximum absolute atomic E-state index is 14.6. The molecule has 3 aromatic heterocycles. The van der Waals surface area contributed by atoms with Crippen molar-refractivity contribution in [2.45, 2.75) is 45.4 Å². The third-order valence-electron chi connectivity index (χ3n) is 6.43. The quantitative estimate of drug-likeness (QED) is 0.263. The number of halogens is 1. The van der Waals surface area contributed by atoms with Crippen LogP contribution in [0.3, 0.4) is 0 Å². The van der Waals surface area contributed by atoms with Gasteiger partial charge >= 0.3 is 0 Å². The molecule has 1 aromatic carbocycles. The first-order chi connectivity index (χ1) is 17.7. The van der Waals surface area contributed by atoms with E-state index in [1.54, 1.807) is 36.1 Å². The van der Waals surface area contributed by atoms with Gasteiger partial charge in [-0.3, -0.25) is 4.79 Å². The maximum atomic E-state index is 14.6. The molecule has 0 aliphatic carbocycles. The molecule has 1 saturated heterocycles. The summed E-state index contributed by atoms with van der Waals surface area (Å²) in [6, 6.07) is 6.01. The molecule has 9 nitrogen and oxygen atoms in total. The molecular weight excluding hydrogens is 491 g/mol. The Morgan fingerprint density at radius 3 is 2.92 bits per heavy atom. The first-order valence-electron chi connectivity index (χ1n) is 12.5. The van der Waals surface area contributed by atoms with Crippen LogP contribution in [0.1, 0.15) is 27.7 Å². The van der Waals surface area contributed by atoms with E-state index in [2.05, 4.69) is 40.2 Å².